The SMILES string of the molecule is CNc1ccccc1C(C)C(C)OC. The normalized spacial score (nSPS) is 14.9. The van der Waals surface area contributed by atoms with E-state index >= 15 is 0 Å². The summed E-state index contributed by atoms with van der Waals surface area (Å²) >= 11 is 0. The third-order valence-electron chi connectivity index (χ3n) is 2.80. The van der Waals surface area contributed by atoms with E-state index in [1.807, 2.05) is 13.1 Å². The summed E-state index contributed by atoms with van der Waals surface area (Å²) in [7, 11) is 3.70. The number of benzene rings is 1. The highest BCUT2D eigenvalue weighted by molar-refractivity contribution is 5.52. The van der Waals surface area contributed by atoms with Gasteiger partial charge in [0.1, 0.15) is 0 Å². The summed E-state index contributed by atoms with van der Waals surface area (Å²) < 4.78 is 5.34. The largest absolute Gasteiger partial charge is 0.388 e. The van der Waals surface area contributed by atoms with E-state index in [9.17, 15) is 0 Å². The molecule has 2 atom stereocenters. The van der Waals surface area contributed by atoms with Gasteiger partial charge in [0, 0.05) is 25.8 Å². The summed E-state index contributed by atoms with van der Waals surface area (Å²) in [5.41, 5.74) is 2.49. The minimum absolute atomic E-state index is 0.240. The summed E-state index contributed by atoms with van der Waals surface area (Å²) in [5, 5.41) is 3.20. The second kappa shape index (κ2) is 5.01. The lowest BCUT2D eigenvalue weighted by atomic mass is 9.94. The van der Waals surface area contributed by atoms with Crippen LogP contribution in [0.1, 0.15) is 25.3 Å². The van der Waals surface area contributed by atoms with Crippen LogP contribution in [0.5, 0.6) is 0 Å². The molecule has 0 spiro atoms. The van der Waals surface area contributed by atoms with E-state index in [4.69, 9.17) is 4.74 Å². The molecule has 0 heterocycles. The van der Waals surface area contributed by atoms with E-state index < -0.39 is 0 Å². The minimum atomic E-state index is 0.240. The highest BCUT2D eigenvalue weighted by Gasteiger charge is 2.15. The van der Waals surface area contributed by atoms with Crippen molar-refractivity contribution in [2.24, 2.45) is 0 Å². The van der Waals surface area contributed by atoms with Gasteiger partial charge in [-0.15, -0.1) is 0 Å². The predicted octanol–water partition coefficient (Wildman–Crippen LogP) is 2.87. The first kappa shape index (κ1) is 11.1. The summed E-state index contributed by atoms with van der Waals surface area (Å²) in [6.07, 6.45) is 0.240. The second-order valence-corrected chi connectivity index (χ2v) is 3.57. The zero-order chi connectivity index (χ0) is 10.6. The van der Waals surface area contributed by atoms with E-state index in [1.54, 1.807) is 7.11 Å². The van der Waals surface area contributed by atoms with Gasteiger partial charge in [-0.1, -0.05) is 25.1 Å². The molecule has 0 aliphatic rings. The Bertz CT molecular complexity index is 285. The molecule has 0 saturated heterocycles. The molecule has 0 bridgehead atoms. The van der Waals surface area contributed by atoms with Crippen LogP contribution in [0, 0.1) is 0 Å². The van der Waals surface area contributed by atoms with Crippen LogP contribution in [0.15, 0.2) is 24.3 Å². The topological polar surface area (TPSA) is 21.3 Å². The number of nitrogens with one attached hydrogen (secondary N) is 1. The van der Waals surface area contributed by atoms with Gasteiger partial charge in [-0.3, -0.25) is 0 Å². The van der Waals surface area contributed by atoms with Crippen molar-refractivity contribution in [1.29, 1.82) is 0 Å². The van der Waals surface area contributed by atoms with Gasteiger partial charge in [-0.25, -0.2) is 0 Å². The van der Waals surface area contributed by atoms with Crippen LogP contribution in [0.4, 0.5) is 5.69 Å². The first-order chi connectivity index (χ1) is 6.70. The van der Waals surface area contributed by atoms with E-state index in [-0.39, 0.29) is 6.10 Å². The summed E-state index contributed by atoms with van der Waals surface area (Å²) in [4.78, 5) is 0. The lowest BCUT2D eigenvalue weighted by Gasteiger charge is -2.21. The average Bonchev–Trinajstić information content (AvgIpc) is 2.26. The summed E-state index contributed by atoms with van der Waals surface area (Å²) in [5.74, 6) is 0.406. The quantitative estimate of drug-likeness (QED) is 0.794. The Kier molecular flexibility index (Phi) is 3.96. The smallest absolute Gasteiger partial charge is 0.0609 e. The molecule has 2 heteroatoms. The Morgan fingerprint density at radius 1 is 1.21 bits per heavy atom. The lowest BCUT2D eigenvalue weighted by Crippen LogP contribution is -2.15. The second-order valence-electron chi connectivity index (χ2n) is 3.57. The zero-order valence-electron chi connectivity index (χ0n) is 9.37. The number of hydrogen-bond acceptors (Lipinski definition) is 2. The maximum atomic E-state index is 5.34. The van der Waals surface area contributed by atoms with E-state index in [0.29, 0.717) is 5.92 Å². The van der Waals surface area contributed by atoms with Crippen LogP contribution in [0.2, 0.25) is 0 Å². The summed E-state index contributed by atoms with van der Waals surface area (Å²) in [6.45, 7) is 4.28. The van der Waals surface area contributed by atoms with Crippen molar-refractivity contribution in [2.45, 2.75) is 25.9 Å². The van der Waals surface area contributed by atoms with Gasteiger partial charge >= 0.3 is 0 Å². The molecular weight excluding hydrogens is 174 g/mol. The van der Waals surface area contributed by atoms with Crippen molar-refractivity contribution in [3.8, 4) is 0 Å². The highest BCUT2D eigenvalue weighted by Crippen LogP contribution is 2.27. The monoisotopic (exact) mass is 193 g/mol. The first-order valence-electron chi connectivity index (χ1n) is 5.00. The van der Waals surface area contributed by atoms with Gasteiger partial charge in [-0.05, 0) is 18.6 Å². The standard InChI is InChI=1S/C12H19NO/c1-9(10(2)14-4)11-7-5-6-8-12(11)13-3/h5-10,13H,1-4H3. The molecule has 0 saturated carbocycles. The van der Waals surface area contributed by atoms with Gasteiger partial charge in [0.15, 0.2) is 0 Å². The fourth-order valence-electron chi connectivity index (χ4n) is 1.58. The molecule has 0 aliphatic carbocycles. The Balaban J connectivity index is 2.93. The molecular formula is C12H19NO. The molecule has 1 aromatic carbocycles. The Morgan fingerprint density at radius 2 is 1.86 bits per heavy atom. The number of methoxy groups -OCH3 is 1. The molecule has 1 aromatic rings. The maximum Gasteiger partial charge on any atom is 0.0609 e. The molecule has 0 radical (unpaired) electrons. The van der Waals surface area contributed by atoms with Crippen LogP contribution in [-0.4, -0.2) is 20.3 Å². The molecule has 0 fully saturated rings. The fourth-order valence-corrected chi connectivity index (χ4v) is 1.58. The Labute approximate surface area is 86.3 Å². The molecule has 2 nitrogen and oxygen atoms in total. The minimum Gasteiger partial charge on any atom is -0.388 e. The Hall–Kier alpha value is -1.02. The first-order valence-corrected chi connectivity index (χ1v) is 5.00. The molecule has 0 aromatic heterocycles. The highest BCUT2D eigenvalue weighted by atomic mass is 16.5. The zero-order valence-corrected chi connectivity index (χ0v) is 9.37. The average molecular weight is 193 g/mol. The van der Waals surface area contributed by atoms with Crippen LogP contribution < -0.4 is 5.32 Å². The van der Waals surface area contributed by atoms with Crippen LogP contribution in [-0.2, 0) is 4.74 Å². The lowest BCUT2D eigenvalue weighted by molar-refractivity contribution is 0.0992. The number of hydrogen-bond donors (Lipinski definition) is 1. The van der Waals surface area contributed by atoms with Crippen molar-refractivity contribution in [1.82, 2.24) is 0 Å². The predicted molar refractivity (Wildman–Crippen MR) is 60.9 cm³/mol. The van der Waals surface area contributed by atoms with Gasteiger partial charge in [0.25, 0.3) is 0 Å². The van der Waals surface area contributed by atoms with Gasteiger partial charge in [-0.2, -0.15) is 0 Å². The van der Waals surface area contributed by atoms with Gasteiger partial charge < -0.3 is 10.1 Å². The number of para-hydroxylation sites is 1. The van der Waals surface area contributed by atoms with Gasteiger partial charge in [0.05, 0.1) is 6.10 Å². The van der Waals surface area contributed by atoms with Crippen molar-refractivity contribution < 1.29 is 4.74 Å². The fraction of sp³-hybridized carbons (Fsp3) is 0.500. The molecule has 1 N–H and O–H groups in total. The van der Waals surface area contributed by atoms with Crippen molar-refractivity contribution in [3.05, 3.63) is 29.8 Å². The van der Waals surface area contributed by atoms with Crippen LogP contribution in [0.25, 0.3) is 0 Å². The molecule has 0 aliphatic heterocycles. The maximum absolute atomic E-state index is 5.34. The third kappa shape index (κ3) is 2.26. The van der Waals surface area contributed by atoms with E-state index in [1.165, 1.54) is 11.3 Å². The van der Waals surface area contributed by atoms with Gasteiger partial charge in [0.2, 0.25) is 0 Å². The van der Waals surface area contributed by atoms with E-state index in [0.717, 1.165) is 0 Å². The number of anilines is 1. The van der Waals surface area contributed by atoms with E-state index in [2.05, 4.69) is 37.4 Å². The number of ether oxygens (including phenoxy) is 1. The van der Waals surface area contributed by atoms with Crippen molar-refractivity contribution >= 4 is 5.69 Å². The summed E-state index contributed by atoms with van der Waals surface area (Å²) in [6, 6.07) is 8.34. The molecule has 2 unspecified atom stereocenters. The molecule has 78 valence electrons. The van der Waals surface area contributed by atoms with Crippen molar-refractivity contribution in [3.63, 3.8) is 0 Å². The van der Waals surface area contributed by atoms with Crippen molar-refractivity contribution in [2.75, 3.05) is 19.5 Å². The molecule has 14 heavy (non-hydrogen) atoms. The Morgan fingerprint density at radius 3 is 2.43 bits per heavy atom. The van der Waals surface area contributed by atoms with Crippen LogP contribution in [0.3, 0.4) is 0 Å². The number of rotatable bonds is 4. The third-order valence-corrected chi connectivity index (χ3v) is 2.80. The molecule has 0 amide bonds. The van der Waals surface area contributed by atoms with Crippen LogP contribution >= 0.6 is 0 Å². The molecule has 1 rings (SSSR count).